The third-order valence-electron chi connectivity index (χ3n) is 6.86. The van der Waals surface area contributed by atoms with E-state index < -0.39 is 17.1 Å². The quantitative estimate of drug-likeness (QED) is 0.355. The van der Waals surface area contributed by atoms with Gasteiger partial charge in [0, 0.05) is 54.9 Å². The molecule has 1 heterocycles. The Morgan fingerprint density at radius 1 is 1.07 bits per heavy atom. The van der Waals surface area contributed by atoms with Crippen LogP contribution in [0.15, 0.2) is 54.6 Å². The number of aliphatic hydroxyl groups excluding tert-OH is 1. The van der Waals surface area contributed by atoms with E-state index in [1.807, 2.05) is 26.0 Å². The Hall–Kier alpha value is -3.17. The number of benzene rings is 3. The lowest BCUT2D eigenvalue weighted by atomic mass is 9.94. The van der Waals surface area contributed by atoms with Gasteiger partial charge in [0.1, 0.15) is 5.82 Å². The molecule has 1 saturated heterocycles. The summed E-state index contributed by atoms with van der Waals surface area (Å²) in [7, 11) is 1.58. The minimum Gasteiger partial charge on any atom is -0.396 e. The highest BCUT2D eigenvalue weighted by molar-refractivity contribution is 6.35. The fraction of sp³-hybridized carbons (Fsp3) is 0.333. The lowest BCUT2D eigenvalue weighted by Gasteiger charge is -2.33. The number of nitrogens with one attached hydrogen (secondary N) is 1. The van der Waals surface area contributed by atoms with Crippen molar-refractivity contribution in [3.63, 3.8) is 0 Å². The minimum absolute atomic E-state index is 0.0330. The summed E-state index contributed by atoms with van der Waals surface area (Å²) in [5.74, 6) is -1.55. The number of carbonyl (C=O) groups excluding carboxylic acids is 2. The second kappa shape index (κ2) is 12.6. The summed E-state index contributed by atoms with van der Waals surface area (Å²) in [6, 6.07) is 14.7. The molecule has 0 bridgehead atoms. The van der Waals surface area contributed by atoms with E-state index in [1.54, 1.807) is 31.3 Å². The number of amides is 2. The number of nitrogens with zero attached hydrogens (tertiary/aromatic N) is 2. The lowest BCUT2D eigenvalue weighted by molar-refractivity contribution is 0.0910. The Balaban J connectivity index is 1.72. The average Bonchev–Trinajstić information content (AvgIpc) is 2.96. The van der Waals surface area contributed by atoms with Crippen LogP contribution in [-0.4, -0.2) is 63.4 Å². The Morgan fingerprint density at radius 3 is 2.48 bits per heavy atom. The first-order valence-corrected chi connectivity index (χ1v) is 13.7. The van der Waals surface area contributed by atoms with Crippen molar-refractivity contribution >= 4 is 46.4 Å². The van der Waals surface area contributed by atoms with Crippen LogP contribution in [0.4, 0.5) is 15.8 Å². The van der Waals surface area contributed by atoms with E-state index >= 15 is 0 Å². The van der Waals surface area contributed by atoms with Crippen LogP contribution in [0.25, 0.3) is 11.1 Å². The van der Waals surface area contributed by atoms with E-state index in [-0.39, 0.29) is 23.1 Å². The Morgan fingerprint density at radius 2 is 1.80 bits per heavy atom. The summed E-state index contributed by atoms with van der Waals surface area (Å²) in [6.07, 6.45) is 0. The third-order valence-corrected chi connectivity index (χ3v) is 7.51. The van der Waals surface area contributed by atoms with Crippen LogP contribution in [-0.2, 0) is 4.74 Å². The maximum absolute atomic E-state index is 14.6. The van der Waals surface area contributed by atoms with E-state index in [4.69, 9.17) is 27.9 Å². The first kappa shape index (κ1) is 29.8. The number of carbonyl (C=O) groups is 2. The maximum Gasteiger partial charge on any atom is 0.262 e. The average molecular weight is 589 g/mol. The normalized spacial score (nSPS) is 13.7. The SMILES string of the molecule is CN(C(=O)c1c(F)cccc1Cl)c1ccc(-c2cc(C(=O)NCC(C)(C)CO)ccc2Cl)cc1N1CCOCC1. The van der Waals surface area contributed by atoms with Crippen LogP contribution >= 0.6 is 23.2 Å². The summed E-state index contributed by atoms with van der Waals surface area (Å²) in [5, 5.41) is 12.8. The molecule has 0 aromatic heterocycles. The van der Waals surface area contributed by atoms with Crippen molar-refractivity contribution < 1.29 is 23.8 Å². The van der Waals surface area contributed by atoms with Crippen LogP contribution in [0.5, 0.6) is 0 Å². The van der Waals surface area contributed by atoms with Crippen molar-refractivity contribution in [1.82, 2.24) is 5.32 Å². The van der Waals surface area contributed by atoms with E-state index in [1.165, 1.54) is 23.1 Å². The molecule has 0 saturated carbocycles. The summed E-state index contributed by atoms with van der Waals surface area (Å²) < 4.78 is 20.1. The zero-order valence-corrected chi connectivity index (χ0v) is 24.2. The van der Waals surface area contributed by atoms with Crippen molar-refractivity contribution in [1.29, 1.82) is 0 Å². The standard InChI is InChI=1S/C30H32Cl2FN3O4/c1-30(2,18-37)17-34-28(38)20-7-9-22(31)21(15-20)19-8-10-25(26(16-19)36-11-13-40-14-12-36)35(3)29(39)27-23(32)5-4-6-24(27)33/h4-10,15-16,37H,11-14,17-18H2,1-3H3,(H,34,38). The van der Waals surface area contributed by atoms with Gasteiger partial charge >= 0.3 is 0 Å². The molecule has 0 radical (unpaired) electrons. The lowest BCUT2D eigenvalue weighted by Crippen LogP contribution is -2.38. The molecule has 1 fully saturated rings. The predicted molar refractivity (Wildman–Crippen MR) is 157 cm³/mol. The van der Waals surface area contributed by atoms with E-state index in [0.717, 1.165) is 11.3 Å². The van der Waals surface area contributed by atoms with Gasteiger partial charge in [-0.25, -0.2) is 4.39 Å². The molecule has 212 valence electrons. The second-order valence-corrected chi connectivity index (χ2v) is 11.3. The maximum atomic E-state index is 14.6. The molecule has 0 atom stereocenters. The predicted octanol–water partition coefficient (Wildman–Crippen LogP) is 5.66. The van der Waals surface area contributed by atoms with Gasteiger partial charge in [-0.15, -0.1) is 0 Å². The number of rotatable bonds is 8. The Labute approximate surface area is 243 Å². The summed E-state index contributed by atoms with van der Waals surface area (Å²) in [6.45, 7) is 6.18. The van der Waals surface area contributed by atoms with Crippen LogP contribution in [0.1, 0.15) is 34.6 Å². The zero-order valence-electron chi connectivity index (χ0n) is 22.6. The van der Waals surface area contributed by atoms with Crippen molar-refractivity contribution in [2.24, 2.45) is 5.41 Å². The largest absolute Gasteiger partial charge is 0.396 e. The molecule has 40 heavy (non-hydrogen) atoms. The van der Waals surface area contributed by atoms with E-state index in [9.17, 15) is 19.1 Å². The van der Waals surface area contributed by atoms with Crippen LogP contribution < -0.4 is 15.1 Å². The second-order valence-electron chi connectivity index (χ2n) is 10.5. The van der Waals surface area contributed by atoms with Gasteiger partial charge in [0.2, 0.25) is 0 Å². The van der Waals surface area contributed by atoms with Crippen LogP contribution in [0, 0.1) is 11.2 Å². The number of halogens is 3. The first-order chi connectivity index (χ1) is 19.0. The van der Waals surface area contributed by atoms with E-state index in [2.05, 4.69) is 10.2 Å². The molecule has 1 aliphatic heterocycles. The minimum atomic E-state index is -0.696. The van der Waals surface area contributed by atoms with Gasteiger partial charge in [-0.05, 0) is 48.0 Å². The van der Waals surface area contributed by atoms with Gasteiger partial charge in [-0.1, -0.05) is 49.2 Å². The number of ether oxygens (including phenoxy) is 1. The smallest absolute Gasteiger partial charge is 0.262 e. The van der Waals surface area contributed by atoms with Gasteiger partial charge in [0.05, 0.1) is 35.2 Å². The number of anilines is 2. The molecule has 1 aliphatic rings. The molecule has 2 N–H and O–H groups in total. The fourth-order valence-electron chi connectivity index (χ4n) is 4.38. The van der Waals surface area contributed by atoms with Gasteiger partial charge in [0.25, 0.3) is 11.8 Å². The zero-order chi connectivity index (χ0) is 29.0. The topological polar surface area (TPSA) is 82.1 Å². The van der Waals surface area contributed by atoms with Gasteiger partial charge in [-0.2, -0.15) is 0 Å². The molecule has 4 rings (SSSR count). The molecular formula is C30H32Cl2FN3O4. The van der Waals surface area contributed by atoms with Crippen molar-refractivity contribution in [3.8, 4) is 11.1 Å². The van der Waals surface area contributed by atoms with Crippen molar-refractivity contribution in [2.45, 2.75) is 13.8 Å². The van der Waals surface area contributed by atoms with E-state index in [0.29, 0.717) is 54.7 Å². The summed E-state index contributed by atoms with van der Waals surface area (Å²) >= 11 is 12.8. The molecule has 10 heteroatoms. The highest BCUT2D eigenvalue weighted by Crippen LogP contribution is 2.38. The van der Waals surface area contributed by atoms with Crippen molar-refractivity contribution in [3.05, 3.63) is 81.6 Å². The van der Waals surface area contributed by atoms with Crippen LogP contribution in [0.2, 0.25) is 10.0 Å². The molecule has 3 aromatic carbocycles. The molecule has 3 aromatic rings. The number of hydrogen-bond donors (Lipinski definition) is 2. The molecular weight excluding hydrogens is 556 g/mol. The highest BCUT2D eigenvalue weighted by Gasteiger charge is 2.26. The third kappa shape index (κ3) is 6.58. The Bertz CT molecular complexity index is 1390. The molecule has 0 aliphatic carbocycles. The number of aliphatic hydroxyl groups is 1. The summed E-state index contributed by atoms with van der Waals surface area (Å²) in [5.41, 5.74) is 2.45. The van der Waals surface area contributed by atoms with Gasteiger partial charge in [0.15, 0.2) is 0 Å². The summed E-state index contributed by atoms with van der Waals surface area (Å²) in [4.78, 5) is 29.7. The van der Waals surface area contributed by atoms with Gasteiger partial charge < -0.3 is 25.0 Å². The number of hydrogen-bond acceptors (Lipinski definition) is 5. The molecule has 2 amide bonds. The van der Waals surface area contributed by atoms with Gasteiger partial charge in [-0.3, -0.25) is 9.59 Å². The molecule has 0 unspecified atom stereocenters. The molecule has 0 spiro atoms. The highest BCUT2D eigenvalue weighted by atomic mass is 35.5. The number of morpholine rings is 1. The van der Waals surface area contributed by atoms with Crippen molar-refractivity contribution in [2.75, 3.05) is 56.3 Å². The van der Waals surface area contributed by atoms with Crippen LogP contribution in [0.3, 0.4) is 0 Å². The fourth-order valence-corrected chi connectivity index (χ4v) is 4.85. The first-order valence-electron chi connectivity index (χ1n) is 12.9. The Kier molecular flexibility index (Phi) is 9.36. The molecule has 7 nitrogen and oxygen atoms in total. The monoisotopic (exact) mass is 587 g/mol.